The fraction of sp³-hybridized carbons (Fsp3) is 0.556. The molecule has 0 bridgehead atoms. The minimum absolute atomic E-state index is 0.00428. The van der Waals surface area contributed by atoms with Gasteiger partial charge in [-0.05, 0) is 52.3 Å². The summed E-state index contributed by atoms with van der Waals surface area (Å²) in [5, 5.41) is 19.7. The first kappa shape index (κ1) is 33.8. The van der Waals surface area contributed by atoms with Crippen LogP contribution in [0.1, 0.15) is 62.2 Å². The Bertz CT molecular complexity index is 1330. The van der Waals surface area contributed by atoms with Crippen LogP contribution in [0, 0.1) is 0 Å². The zero-order valence-corrected chi connectivity index (χ0v) is 25.6. The number of nitrogens with zero attached hydrogens (tertiary/aromatic N) is 1. The van der Waals surface area contributed by atoms with E-state index in [-0.39, 0.29) is 53.9 Å². The summed E-state index contributed by atoms with van der Waals surface area (Å²) in [6.45, 7) is 6.26. The Labute approximate surface area is 249 Å². The number of ether oxygens (including phenoxy) is 4. The van der Waals surface area contributed by atoms with Crippen LogP contribution in [0.15, 0.2) is 18.2 Å². The van der Waals surface area contributed by atoms with Gasteiger partial charge in [-0.3, -0.25) is 4.79 Å². The second-order valence-corrected chi connectivity index (χ2v) is 13.2. The first-order valence-electron chi connectivity index (χ1n) is 12.8. The molecular weight excluding hydrogens is 605 g/mol. The van der Waals surface area contributed by atoms with Gasteiger partial charge in [-0.1, -0.05) is 11.6 Å². The minimum Gasteiger partial charge on any atom is -0.493 e. The predicted octanol–water partition coefficient (Wildman–Crippen LogP) is 4.20. The number of pyridine rings is 1. The van der Waals surface area contributed by atoms with Crippen molar-refractivity contribution in [2.75, 3.05) is 34.0 Å². The monoisotopic (exact) mass is 638 g/mol. The summed E-state index contributed by atoms with van der Waals surface area (Å²) < 4.78 is 79.9. The number of carbonyl (C=O) groups is 1. The standard InChI is InChI=1S/C27H34ClF3N2O8S/c1-24(2,3)42(37)33-25(4)14-41-21-16(25)13-20(32-23(21)28)26(36,27(29,30)31)8-7-17(35)15-11-18(38-5)22(40-10-9-34)19(12-15)39-6/h11-13,33-34,36H,7-10,14H2,1-6H3/t25-,26-,42?/m1/s1. The van der Waals surface area contributed by atoms with E-state index in [9.17, 15) is 27.3 Å². The molecular formula is C27H34ClF3N2O8S. The maximum Gasteiger partial charge on any atom is 0.422 e. The molecule has 1 aliphatic heterocycles. The number of ketones is 1. The number of hydrogen-bond acceptors (Lipinski definition) is 9. The lowest BCUT2D eigenvalue weighted by molar-refractivity contribution is -0.270. The quantitative estimate of drug-likeness (QED) is 0.231. The van der Waals surface area contributed by atoms with Gasteiger partial charge in [0, 0.05) is 17.5 Å². The number of aliphatic hydroxyl groups is 2. The first-order chi connectivity index (χ1) is 19.4. The van der Waals surface area contributed by atoms with E-state index in [4.69, 9.17) is 35.7 Å². The fourth-order valence-corrected chi connectivity index (χ4v) is 5.31. The molecule has 42 heavy (non-hydrogen) atoms. The second-order valence-electron chi connectivity index (χ2n) is 10.8. The average molecular weight is 639 g/mol. The maximum absolute atomic E-state index is 14.5. The molecule has 1 aliphatic rings. The first-order valence-corrected chi connectivity index (χ1v) is 14.3. The molecule has 0 fully saturated rings. The highest BCUT2D eigenvalue weighted by Crippen LogP contribution is 2.48. The molecule has 1 aromatic heterocycles. The molecule has 0 spiro atoms. The van der Waals surface area contributed by atoms with Crippen molar-refractivity contribution in [1.29, 1.82) is 0 Å². The summed E-state index contributed by atoms with van der Waals surface area (Å²) in [4.78, 5) is 16.9. The molecule has 10 nitrogen and oxygen atoms in total. The number of Topliss-reactive ketones (excluding diaryl/α,β-unsaturated/α-hetero) is 1. The topological polar surface area (TPSA) is 136 Å². The Morgan fingerprint density at radius 1 is 1.19 bits per heavy atom. The van der Waals surface area contributed by atoms with Crippen LogP contribution >= 0.6 is 11.6 Å². The minimum atomic E-state index is -5.26. The zero-order valence-electron chi connectivity index (χ0n) is 24.0. The third-order valence-corrected chi connectivity index (χ3v) is 8.64. The number of hydrogen-bond donors (Lipinski definition) is 3. The summed E-state index contributed by atoms with van der Waals surface area (Å²) in [6.07, 6.45) is -7.11. The predicted molar refractivity (Wildman–Crippen MR) is 149 cm³/mol. The highest BCUT2D eigenvalue weighted by atomic mass is 35.5. The molecule has 234 valence electrons. The molecule has 0 amide bonds. The smallest absolute Gasteiger partial charge is 0.422 e. The number of halogens is 4. The van der Waals surface area contributed by atoms with E-state index >= 15 is 0 Å². The molecule has 0 radical (unpaired) electrons. The van der Waals surface area contributed by atoms with Crippen LogP contribution in [0.25, 0.3) is 0 Å². The van der Waals surface area contributed by atoms with Crippen molar-refractivity contribution < 1.29 is 51.3 Å². The lowest BCUT2D eigenvalue weighted by atomic mass is 9.87. The lowest BCUT2D eigenvalue weighted by Crippen LogP contribution is -2.47. The van der Waals surface area contributed by atoms with Gasteiger partial charge in [0.15, 0.2) is 28.2 Å². The molecule has 15 heteroatoms. The molecule has 0 saturated heterocycles. The number of fused-ring (bicyclic) bond motifs is 1. The van der Waals surface area contributed by atoms with Gasteiger partial charge < -0.3 is 29.2 Å². The van der Waals surface area contributed by atoms with Gasteiger partial charge >= 0.3 is 6.18 Å². The van der Waals surface area contributed by atoms with Crippen LogP contribution < -0.4 is 23.7 Å². The second kappa shape index (κ2) is 12.5. The number of methoxy groups -OCH3 is 2. The zero-order chi connectivity index (χ0) is 31.7. The van der Waals surface area contributed by atoms with Crippen molar-refractivity contribution >= 4 is 28.4 Å². The van der Waals surface area contributed by atoms with Gasteiger partial charge in [0.2, 0.25) is 11.4 Å². The SMILES string of the molecule is COc1cc(C(=O)CC[C@@](O)(c2cc3c(c(Cl)n2)OC[C@@]3(C)NS(=O)C(C)(C)C)C(F)(F)F)cc(OC)c1OCCO. The summed E-state index contributed by atoms with van der Waals surface area (Å²) >= 11 is 6.22. The highest BCUT2D eigenvalue weighted by molar-refractivity contribution is 7.84. The van der Waals surface area contributed by atoms with Crippen LogP contribution in [0.2, 0.25) is 5.15 Å². The molecule has 2 heterocycles. The van der Waals surface area contributed by atoms with Crippen molar-refractivity contribution in [1.82, 2.24) is 9.71 Å². The Balaban J connectivity index is 1.98. The summed E-state index contributed by atoms with van der Waals surface area (Å²) in [6, 6.07) is 3.54. The van der Waals surface area contributed by atoms with Crippen molar-refractivity contribution in [2.24, 2.45) is 0 Å². The number of rotatable bonds is 12. The van der Waals surface area contributed by atoms with Crippen LogP contribution in [0.3, 0.4) is 0 Å². The van der Waals surface area contributed by atoms with Gasteiger partial charge in [-0.25, -0.2) is 13.9 Å². The van der Waals surface area contributed by atoms with Gasteiger partial charge in [-0.2, -0.15) is 13.2 Å². The van der Waals surface area contributed by atoms with Crippen LogP contribution in [-0.4, -0.2) is 70.2 Å². The van der Waals surface area contributed by atoms with Gasteiger partial charge in [0.25, 0.3) is 0 Å². The van der Waals surface area contributed by atoms with E-state index < -0.39 is 62.5 Å². The van der Waals surface area contributed by atoms with Crippen LogP contribution in [0.4, 0.5) is 13.2 Å². The van der Waals surface area contributed by atoms with Crippen molar-refractivity contribution in [3.8, 4) is 23.0 Å². The largest absolute Gasteiger partial charge is 0.493 e. The van der Waals surface area contributed by atoms with Crippen LogP contribution in [-0.2, 0) is 22.1 Å². The number of carbonyl (C=O) groups excluding carboxylic acids is 1. The maximum atomic E-state index is 14.5. The number of aliphatic hydroxyl groups excluding tert-OH is 1. The summed E-state index contributed by atoms with van der Waals surface area (Å²) in [7, 11) is 0.961. The molecule has 3 rings (SSSR count). The number of alkyl halides is 3. The van der Waals surface area contributed by atoms with Crippen LogP contribution in [0.5, 0.6) is 23.0 Å². The number of aromatic nitrogens is 1. The Morgan fingerprint density at radius 3 is 2.29 bits per heavy atom. The third-order valence-electron chi connectivity index (χ3n) is 6.63. The van der Waals surface area contributed by atoms with Crippen molar-refractivity contribution in [2.45, 2.75) is 62.6 Å². The Kier molecular flexibility index (Phi) is 10.1. The summed E-state index contributed by atoms with van der Waals surface area (Å²) in [5.41, 5.74) is -5.55. The molecule has 0 saturated carbocycles. The highest BCUT2D eigenvalue weighted by Gasteiger charge is 2.57. The Hall–Kier alpha value is -2.65. The van der Waals surface area contributed by atoms with Gasteiger partial charge in [0.1, 0.15) is 13.2 Å². The lowest BCUT2D eigenvalue weighted by Gasteiger charge is -2.32. The van der Waals surface area contributed by atoms with E-state index in [1.807, 2.05) is 0 Å². The molecule has 1 aromatic carbocycles. The average Bonchev–Trinajstić information content (AvgIpc) is 3.24. The van der Waals surface area contributed by atoms with E-state index in [1.165, 1.54) is 26.4 Å². The van der Waals surface area contributed by atoms with E-state index in [0.29, 0.717) is 0 Å². The van der Waals surface area contributed by atoms with E-state index in [0.717, 1.165) is 6.07 Å². The van der Waals surface area contributed by atoms with Gasteiger partial charge in [-0.15, -0.1) is 0 Å². The molecule has 1 unspecified atom stereocenters. The number of benzene rings is 1. The van der Waals surface area contributed by atoms with Gasteiger partial charge in [0.05, 0.1) is 47.8 Å². The van der Waals surface area contributed by atoms with Crippen molar-refractivity contribution in [3.05, 3.63) is 40.2 Å². The number of nitrogens with one attached hydrogen (secondary N) is 1. The van der Waals surface area contributed by atoms with E-state index in [1.54, 1.807) is 27.7 Å². The normalized spacial score (nSPS) is 19.0. The van der Waals surface area contributed by atoms with Crippen molar-refractivity contribution in [3.63, 3.8) is 0 Å². The molecule has 3 N–H and O–H groups in total. The molecule has 0 aliphatic carbocycles. The summed E-state index contributed by atoms with van der Waals surface area (Å²) in [5.74, 6) is -0.539. The fourth-order valence-electron chi connectivity index (χ4n) is 4.18. The molecule has 3 atom stereocenters. The molecule has 2 aromatic rings. The Morgan fingerprint density at radius 2 is 1.79 bits per heavy atom. The third kappa shape index (κ3) is 6.77. The van der Waals surface area contributed by atoms with E-state index in [2.05, 4.69) is 9.71 Å².